The predicted octanol–water partition coefficient (Wildman–Crippen LogP) is 25.5. The highest BCUT2D eigenvalue weighted by Crippen LogP contribution is 2.50. The Bertz CT molecular complexity index is 2610. The number of unbranched alkanes of at least 4 members (excludes halogenated alkanes) is 36. The lowest BCUT2D eigenvalue weighted by atomic mass is 9.82. The van der Waals surface area contributed by atoms with Crippen molar-refractivity contribution in [3.05, 3.63) is 131 Å². The highest BCUT2D eigenvalue weighted by Gasteiger charge is 2.38. The molecule has 0 radical (unpaired) electrons. The fourth-order valence-electron chi connectivity index (χ4n) is 13.8. The van der Waals surface area contributed by atoms with Gasteiger partial charge in [-0.2, -0.15) is 0 Å². The van der Waals surface area contributed by atoms with Crippen LogP contribution in [0.5, 0.6) is 0 Å². The van der Waals surface area contributed by atoms with E-state index in [0.717, 1.165) is 120 Å². The second kappa shape index (κ2) is 36.4. The standard InChI is InChI=1S/C76H104F6N/c1-3-5-7-9-11-13-15-17-19-21-23-25-27-29-31-33-35-37-43-49-83(50-44-38-36-34-32-30-28-26-24-22-20-18-16-14-12-10-8-6-4-2)57-67-65(61-53-69(77)75(81)70(78)54-61)51-59-45-39-41-47-63(59)73(67)74-64-48-42-40-46-60(64)52-66(68(74)58-83)62-55-71(79)76(82)72(80)56-62/h39-42,45-48,51-56H,3-38,43-44,49-50,57-58H2,1-2H3/q+1. The largest absolute Gasteiger partial charge is 0.316 e. The molecule has 0 unspecified atom stereocenters. The van der Waals surface area contributed by atoms with Crippen molar-refractivity contribution in [3.8, 4) is 33.4 Å². The summed E-state index contributed by atoms with van der Waals surface area (Å²) in [7, 11) is 0. The zero-order chi connectivity index (χ0) is 58.5. The molecule has 0 atom stereocenters. The van der Waals surface area contributed by atoms with Crippen LogP contribution in [0.25, 0.3) is 54.9 Å². The van der Waals surface area contributed by atoms with Crippen LogP contribution in [0.2, 0.25) is 0 Å². The maximum atomic E-state index is 15.5. The Labute approximate surface area is 498 Å². The fourth-order valence-corrected chi connectivity index (χ4v) is 13.8. The molecule has 0 bridgehead atoms. The Morgan fingerprint density at radius 1 is 0.301 bits per heavy atom. The molecule has 0 saturated heterocycles. The molecule has 454 valence electrons. The van der Waals surface area contributed by atoms with E-state index in [1.165, 1.54) is 205 Å². The maximum Gasteiger partial charge on any atom is 0.194 e. The van der Waals surface area contributed by atoms with Crippen molar-refractivity contribution < 1.29 is 30.8 Å². The molecule has 0 saturated carbocycles. The lowest BCUT2D eigenvalue weighted by molar-refractivity contribution is -0.953. The number of rotatable bonds is 42. The van der Waals surface area contributed by atoms with Crippen LogP contribution in [0.4, 0.5) is 26.3 Å². The Hall–Kier alpha value is -4.62. The van der Waals surface area contributed by atoms with Gasteiger partial charge in [-0.05, 0) is 106 Å². The maximum absolute atomic E-state index is 15.5. The van der Waals surface area contributed by atoms with Gasteiger partial charge < -0.3 is 4.48 Å². The summed E-state index contributed by atoms with van der Waals surface area (Å²) in [6.07, 6.45) is 49.2. The Morgan fingerprint density at radius 3 is 0.807 bits per heavy atom. The van der Waals surface area contributed by atoms with Crippen LogP contribution in [0.15, 0.2) is 84.9 Å². The molecule has 1 aliphatic heterocycles. The number of halogens is 6. The van der Waals surface area contributed by atoms with Gasteiger partial charge >= 0.3 is 0 Å². The van der Waals surface area contributed by atoms with Crippen LogP contribution in [0, 0.1) is 34.9 Å². The van der Waals surface area contributed by atoms with Crippen LogP contribution < -0.4 is 0 Å². The normalized spacial score (nSPS) is 13.1. The molecule has 0 fully saturated rings. The monoisotopic (exact) mass is 1140 g/mol. The van der Waals surface area contributed by atoms with E-state index in [-0.39, 0.29) is 11.1 Å². The molecule has 0 aromatic heterocycles. The van der Waals surface area contributed by atoms with Crippen LogP contribution in [0.1, 0.15) is 269 Å². The SMILES string of the molecule is CCCCCCCCCCCCCCCCCCCCC[N+]1(CCCCCCCCCCCCCCCCCCCCC)Cc2c(-c3cc(F)c(F)c(F)c3)cc3ccccc3c2-c2c(c(-c3cc(F)c(F)c(F)c3)cc3ccccc23)C1. The first-order chi connectivity index (χ1) is 40.6. The zero-order valence-corrected chi connectivity index (χ0v) is 51.5. The van der Waals surface area contributed by atoms with Gasteiger partial charge in [0.05, 0.1) is 13.1 Å². The molecule has 1 aliphatic rings. The Kier molecular flexibility index (Phi) is 28.9. The van der Waals surface area contributed by atoms with E-state index in [9.17, 15) is 8.78 Å². The van der Waals surface area contributed by atoms with Crippen molar-refractivity contribution in [2.75, 3.05) is 13.1 Å². The van der Waals surface area contributed by atoms with Gasteiger partial charge in [-0.3, -0.25) is 0 Å². The zero-order valence-electron chi connectivity index (χ0n) is 51.5. The molecular formula is C76H104F6N+. The first kappa shape index (κ1) is 65.9. The van der Waals surface area contributed by atoms with E-state index in [0.29, 0.717) is 28.7 Å². The average molecular weight is 1150 g/mol. The van der Waals surface area contributed by atoms with Crippen molar-refractivity contribution in [3.63, 3.8) is 0 Å². The van der Waals surface area contributed by atoms with Gasteiger partial charge in [0.2, 0.25) is 0 Å². The van der Waals surface area contributed by atoms with Gasteiger partial charge in [-0.25, -0.2) is 26.3 Å². The number of benzene rings is 6. The first-order valence-electron chi connectivity index (χ1n) is 33.9. The molecule has 0 aliphatic carbocycles. The van der Waals surface area contributed by atoms with Crippen LogP contribution in [0.3, 0.4) is 0 Å². The van der Waals surface area contributed by atoms with Crippen molar-refractivity contribution in [1.82, 2.24) is 0 Å². The Balaban J connectivity index is 1.09. The minimum absolute atomic E-state index is 0.264. The molecule has 83 heavy (non-hydrogen) atoms. The van der Waals surface area contributed by atoms with Crippen molar-refractivity contribution in [1.29, 1.82) is 0 Å². The van der Waals surface area contributed by atoms with E-state index in [1.54, 1.807) is 0 Å². The third-order valence-electron chi connectivity index (χ3n) is 18.6. The minimum Gasteiger partial charge on any atom is -0.316 e. The molecule has 7 rings (SSSR count). The van der Waals surface area contributed by atoms with E-state index in [4.69, 9.17) is 0 Å². The Morgan fingerprint density at radius 2 is 0.542 bits per heavy atom. The minimum atomic E-state index is -1.50. The highest BCUT2D eigenvalue weighted by molar-refractivity contribution is 6.12. The summed E-state index contributed by atoms with van der Waals surface area (Å²) in [5.41, 5.74) is 5.45. The average Bonchev–Trinajstić information content (AvgIpc) is 2.23. The summed E-state index contributed by atoms with van der Waals surface area (Å²) in [5, 5.41) is 3.59. The predicted molar refractivity (Wildman–Crippen MR) is 342 cm³/mol. The van der Waals surface area contributed by atoms with Gasteiger partial charge in [0.15, 0.2) is 34.9 Å². The topological polar surface area (TPSA) is 0 Å². The van der Waals surface area contributed by atoms with Gasteiger partial charge in [0.25, 0.3) is 0 Å². The van der Waals surface area contributed by atoms with E-state index in [2.05, 4.69) is 26.0 Å². The van der Waals surface area contributed by atoms with Gasteiger partial charge in [0.1, 0.15) is 13.1 Å². The van der Waals surface area contributed by atoms with Crippen LogP contribution >= 0.6 is 0 Å². The second-order valence-corrected chi connectivity index (χ2v) is 25.3. The van der Waals surface area contributed by atoms with E-state index < -0.39 is 34.9 Å². The summed E-state index contributed by atoms with van der Waals surface area (Å²) in [4.78, 5) is 0. The molecule has 0 amide bonds. The molecule has 7 heteroatoms. The summed E-state index contributed by atoms with van der Waals surface area (Å²) in [6.45, 7) is 7.27. The summed E-state index contributed by atoms with van der Waals surface area (Å²) < 4.78 is 92.4. The quantitative estimate of drug-likeness (QED) is 0.0155. The molecular weight excluding hydrogens is 1040 g/mol. The highest BCUT2D eigenvalue weighted by atomic mass is 19.2. The number of quaternary nitrogens is 1. The van der Waals surface area contributed by atoms with Crippen molar-refractivity contribution in [2.45, 2.75) is 271 Å². The summed E-state index contributed by atoms with van der Waals surface area (Å²) >= 11 is 0. The van der Waals surface area contributed by atoms with Crippen molar-refractivity contribution >= 4 is 21.5 Å². The lowest BCUT2D eigenvalue weighted by Gasteiger charge is -2.39. The van der Waals surface area contributed by atoms with E-state index >= 15 is 17.6 Å². The smallest absolute Gasteiger partial charge is 0.194 e. The summed E-state index contributed by atoms with van der Waals surface area (Å²) in [5.74, 6) is -7.97. The number of nitrogens with zero attached hydrogens (tertiary/aromatic N) is 1. The molecule has 6 aromatic rings. The van der Waals surface area contributed by atoms with E-state index in [1.807, 2.05) is 48.5 Å². The molecule has 1 nitrogen and oxygen atoms in total. The number of hydrogen-bond donors (Lipinski definition) is 0. The number of hydrogen-bond acceptors (Lipinski definition) is 0. The first-order valence-corrected chi connectivity index (χ1v) is 33.9. The molecule has 6 aromatic carbocycles. The molecule has 1 heterocycles. The third-order valence-corrected chi connectivity index (χ3v) is 18.6. The van der Waals surface area contributed by atoms with Gasteiger partial charge in [-0.1, -0.05) is 281 Å². The van der Waals surface area contributed by atoms with Crippen LogP contribution in [-0.2, 0) is 13.1 Å². The van der Waals surface area contributed by atoms with Gasteiger partial charge in [-0.15, -0.1) is 0 Å². The van der Waals surface area contributed by atoms with Gasteiger partial charge in [0, 0.05) is 22.3 Å². The van der Waals surface area contributed by atoms with Crippen molar-refractivity contribution in [2.24, 2.45) is 0 Å². The molecule has 0 N–H and O–H groups in total. The summed E-state index contributed by atoms with van der Waals surface area (Å²) in [6, 6.07) is 24.6. The second-order valence-electron chi connectivity index (χ2n) is 25.3. The number of fused-ring (bicyclic) bond motifs is 7. The fraction of sp³-hybridized carbons (Fsp3) is 0.579. The lowest BCUT2D eigenvalue weighted by Crippen LogP contribution is -2.47. The third kappa shape index (κ3) is 20.2. The van der Waals surface area contributed by atoms with Crippen LogP contribution in [-0.4, -0.2) is 17.6 Å². The molecule has 0 spiro atoms.